The molecule has 8 heteroatoms. The van der Waals surface area contributed by atoms with Crippen molar-refractivity contribution in [3.05, 3.63) is 74.6 Å². The van der Waals surface area contributed by atoms with Gasteiger partial charge in [-0.15, -0.1) is 22.7 Å². The normalized spacial score (nSPS) is 15.6. The van der Waals surface area contributed by atoms with Crippen LogP contribution in [0.2, 0.25) is 0 Å². The number of hydrogen-bond acceptors (Lipinski definition) is 6. The van der Waals surface area contributed by atoms with E-state index in [0.29, 0.717) is 17.1 Å². The summed E-state index contributed by atoms with van der Waals surface area (Å²) in [7, 11) is 1.62. The number of thiophene rings is 2. The summed E-state index contributed by atoms with van der Waals surface area (Å²) in [6.45, 7) is 0.339. The fourth-order valence-electron chi connectivity index (χ4n) is 3.74. The van der Waals surface area contributed by atoms with Crippen LogP contribution in [0.1, 0.15) is 43.8 Å². The molecule has 1 saturated heterocycles. The molecule has 1 atom stereocenters. The molecule has 1 fully saturated rings. The zero-order chi connectivity index (χ0) is 21.8. The van der Waals surface area contributed by atoms with E-state index in [4.69, 9.17) is 4.74 Å². The fourth-order valence-corrected chi connectivity index (χ4v) is 5.32. The Labute approximate surface area is 188 Å². The van der Waals surface area contributed by atoms with Gasteiger partial charge in [-0.1, -0.05) is 24.3 Å². The van der Waals surface area contributed by atoms with E-state index in [0.717, 1.165) is 17.7 Å². The first-order chi connectivity index (χ1) is 15.1. The highest BCUT2D eigenvalue weighted by molar-refractivity contribution is 7.12. The second-order valence-corrected chi connectivity index (χ2v) is 9.12. The largest absolute Gasteiger partial charge is 0.452 e. The number of benzene rings is 1. The molecule has 2 amide bonds. The topological polar surface area (TPSA) is 66.9 Å². The Morgan fingerprint density at radius 1 is 1.06 bits per heavy atom. The van der Waals surface area contributed by atoms with Gasteiger partial charge >= 0.3 is 5.97 Å². The lowest BCUT2D eigenvalue weighted by Crippen LogP contribution is -2.34. The van der Waals surface area contributed by atoms with Crippen LogP contribution < -0.4 is 4.90 Å². The molecule has 160 valence electrons. The van der Waals surface area contributed by atoms with E-state index in [-0.39, 0.29) is 30.0 Å². The molecule has 4 rings (SSSR count). The molecule has 0 N–H and O–H groups in total. The van der Waals surface area contributed by atoms with Gasteiger partial charge in [0.2, 0.25) is 0 Å². The van der Waals surface area contributed by atoms with Gasteiger partial charge in [0.05, 0.1) is 22.2 Å². The smallest absolute Gasteiger partial charge is 0.340 e. The maximum atomic E-state index is 12.8. The van der Waals surface area contributed by atoms with Crippen molar-refractivity contribution in [2.24, 2.45) is 0 Å². The van der Waals surface area contributed by atoms with Crippen LogP contribution in [0.15, 0.2) is 59.3 Å². The Hall–Kier alpha value is -2.97. The van der Waals surface area contributed by atoms with Gasteiger partial charge in [0, 0.05) is 18.5 Å². The van der Waals surface area contributed by atoms with Crippen molar-refractivity contribution in [1.82, 2.24) is 4.90 Å². The molecule has 0 radical (unpaired) electrons. The Kier molecular flexibility index (Phi) is 6.48. The average molecular weight is 455 g/mol. The summed E-state index contributed by atoms with van der Waals surface area (Å²) in [5.41, 5.74) is 0.690. The van der Waals surface area contributed by atoms with Crippen molar-refractivity contribution in [1.29, 1.82) is 0 Å². The predicted octanol–water partition coefficient (Wildman–Crippen LogP) is 4.61. The molecular formula is C23H22N2O4S2. The van der Waals surface area contributed by atoms with E-state index < -0.39 is 5.97 Å². The number of esters is 1. The lowest BCUT2D eigenvalue weighted by Gasteiger charge is -2.24. The quantitative estimate of drug-likeness (QED) is 0.510. The standard InChI is InChI=1S/C23H22N2O4S2/c1-24(22(27)20-11-6-14-31-20)17-8-3-2-7-16(17)23(28)29-15-21(26)25-12-4-9-18(25)19-10-5-13-30-19/h2-3,5-8,10-11,13-14,18H,4,9,12,15H2,1H3. The van der Waals surface area contributed by atoms with Crippen molar-refractivity contribution >= 4 is 46.1 Å². The number of amides is 2. The minimum absolute atomic E-state index is 0.0491. The summed E-state index contributed by atoms with van der Waals surface area (Å²) in [4.78, 5) is 43.2. The van der Waals surface area contributed by atoms with Gasteiger partial charge in [0.15, 0.2) is 6.61 Å². The first kappa shape index (κ1) is 21.3. The summed E-state index contributed by atoms with van der Waals surface area (Å²) in [6.07, 6.45) is 1.85. The molecule has 0 bridgehead atoms. The van der Waals surface area contributed by atoms with Crippen molar-refractivity contribution in [2.45, 2.75) is 18.9 Å². The van der Waals surface area contributed by atoms with Crippen molar-refractivity contribution in [3.8, 4) is 0 Å². The van der Waals surface area contributed by atoms with Crippen LogP contribution >= 0.6 is 22.7 Å². The fraction of sp³-hybridized carbons (Fsp3) is 0.261. The number of carbonyl (C=O) groups excluding carboxylic acids is 3. The van der Waals surface area contributed by atoms with Crippen LogP contribution in [0, 0.1) is 0 Å². The number of carbonyl (C=O) groups is 3. The summed E-state index contributed by atoms with van der Waals surface area (Å²) in [6, 6.07) is 14.4. The highest BCUT2D eigenvalue weighted by atomic mass is 32.1. The predicted molar refractivity (Wildman–Crippen MR) is 122 cm³/mol. The molecular weight excluding hydrogens is 432 g/mol. The molecule has 0 saturated carbocycles. The van der Waals surface area contributed by atoms with E-state index >= 15 is 0 Å². The number of ether oxygens (including phenoxy) is 1. The van der Waals surface area contributed by atoms with Crippen LogP contribution in [-0.2, 0) is 9.53 Å². The molecule has 2 aromatic heterocycles. The lowest BCUT2D eigenvalue weighted by molar-refractivity contribution is -0.135. The highest BCUT2D eigenvalue weighted by Crippen LogP contribution is 2.34. The number of hydrogen-bond donors (Lipinski definition) is 0. The SMILES string of the molecule is CN(C(=O)c1cccs1)c1ccccc1C(=O)OCC(=O)N1CCCC1c1cccs1. The number of likely N-dealkylation sites (tertiary alicyclic amines) is 1. The first-order valence-electron chi connectivity index (χ1n) is 9.97. The number of anilines is 1. The summed E-state index contributed by atoms with van der Waals surface area (Å²) >= 11 is 2.97. The molecule has 31 heavy (non-hydrogen) atoms. The molecule has 0 aliphatic carbocycles. The van der Waals surface area contributed by atoms with Crippen molar-refractivity contribution < 1.29 is 19.1 Å². The number of para-hydroxylation sites is 1. The van der Waals surface area contributed by atoms with Gasteiger partial charge in [-0.05, 0) is 47.9 Å². The molecule has 1 unspecified atom stereocenters. The zero-order valence-corrected chi connectivity index (χ0v) is 18.7. The van der Waals surface area contributed by atoms with Crippen molar-refractivity contribution in [2.75, 3.05) is 25.1 Å². The van der Waals surface area contributed by atoms with E-state index in [1.807, 2.05) is 22.9 Å². The van der Waals surface area contributed by atoms with Crippen LogP contribution in [0.25, 0.3) is 0 Å². The molecule has 3 aromatic rings. The summed E-state index contributed by atoms with van der Waals surface area (Å²) in [5.74, 6) is -1.03. The second kappa shape index (κ2) is 9.45. The maximum Gasteiger partial charge on any atom is 0.340 e. The average Bonchev–Trinajstić information content (AvgIpc) is 3.57. The Morgan fingerprint density at radius 2 is 1.84 bits per heavy atom. The van der Waals surface area contributed by atoms with E-state index in [9.17, 15) is 14.4 Å². The van der Waals surface area contributed by atoms with Gasteiger partial charge in [-0.2, -0.15) is 0 Å². The minimum Gasteiger partial charge on any atom is -0.452 e. The first-order valence-corrected chi connectivity index (χ1v) is 11.7. The van der Waals surface area contributed by atoms with Gasteiger partial charge in [0.1, 0.15) is 0 Å². The molecule has 3 heterocycles. The summed E-state index contributed by atoms with van der Waals surface area (Å²) < 4.78 is 5.37. The van der Waals surface area contributed by atoms with Gasteiger partial charge in [0.25, 0.3) is 11.8 Å². The van der Waals surface area contributed by atoms with E-state index in [2.05, 4.69) is 0 Å². The van der Waals surface area contributed by atoms with E-state index in [1.54, 1.807) is 59.7 Å². The van der Waals surface area contributed by atoms with Crippen LogP contribution in [-0.4, -0.2) is 42.9 Å². The monoisotopic (exact) mass is 454 g/mol. The van der Waals surface area contributed by atoms with Crippen LogP contribution in [0.5, 0.6) is 0 Å². The Balaban J connectivity index is 1.43. The van der Waals surface area contributed by atoms with Gasteiger partial charge < -0.3 is 14.5 Å². The molecule has 1 aromatic carbocycles. The molecule has 6 nitrogen and oxygen atoms in total. The lowest BCUT2D eigenvalue weighted by atomic mass is 10.1. The van der Waals surface area contributed by atoms with E-state index in [1.165, 1.54) is 16.2 Å². The van der Waals surface area contributed by atoms with Crippen LogP contribution in [0.3, 0.4) is 0 Å². The minimum atomic E-state index is -0.623. The summed E-state index contributed by atoms with van der Waals surface area (Å²) in [5, 5.41) is 3.83. The third kappa shape index (κ3) is 4.55. The molecule has 1 aliphatic rings. The van der Waals surface area contributed by atoms with Gasteiger partial charge in [-0.25, -0.2) is 4.79 Å². The van der Waals surface area contributed by atoms with Gasteiger partial charge in [-0.3, -0.25) is 9.59 Å². The number of rotatable bonds is 6. The third-order valence-electron chi connectivity index (χ3n) is 5.29. The Bertz CT molecular complexity index is 1060. The van der Waals surface area contributed by atoms with Crippen LogP contribution in [0.4, 0.5) is 5.69 Å². The maximum absolute atomic E-state index is 12.8. The second-order valence-electron chi connectivity index (χ2n) is 7.20. The zero-order valence-electron chi connectivity index (χ0n) is 17.0. The molecule has 1 aliphatic heterocycles. The highest BCUT2D eigenvalue weighted by Gasteiger charge is 2.31. The third-order valence-corrected chi connectivity index (χ3v) is 7.12. The molecule has 0 spiro atoms. The number of nitrogens with zero attached hydrogens (tertiary/aromatic N) is 2. The van der Waals surface area contributed by atoms with Crippen molar-refractivity contribution in [3.63, 3.8) is 0 Å². The Morgan fingerprint density at radius 3 is 2.58 bits per heavy atom.